The van der Waals surface area contributed by atoms with Gasteiger partial charge in [-0.3, -0.25) is 14.4 Å². The molecule has 26 heavy (non-hydrogen) atoms. The molecule has 3 aliphatic carbocycles. The lowest BCUT2D eigenvalue weighted by atomic mass is 9.44. The molecule has 1 saturated heterocycles. The Kier molecular flexibility index (Phi) is 3.47. The van der Waals surface area contributed by atoms with Gasteiger partial charge in [0, 0.05) is 24.2 Å². The van der Waals surface area contributed by atoms with E-state index in [0.717, 1.165) is 6.29 Å². The van der Waals surface area contributed by atoms with Crippen molar-refractivity contribution in [3.8, 4) is 0 Å². The molecule has 4 rings (SSSR count). The predicted octanol–water partition coefficient (Wildman–Crippen LogP) is 1.25. The van der Waals surface area contributed by atoms with Gasteiger partial charge in [-0.25, -0.2) is 0 Å². The Balaban J connectivity index is 1.96. The average Bonchev–Trinajstić information content (AvgIpc) is 2.70. The lowest BCUT2D eigenvalue weighted by molar-refractivity contribution is -0.220. The van der Waals surface area contributed by atoms with Crippen LogP contribution >= 0.6 is 0 Å². The van der Waals surface area contributed by atoms with Crippen molar-refractivity contribution in [2.75, 3.05) is 6.61 Å². The van der Waals surface area contributed by atoms with Crippen LogP contribution in [-0.2, 0) is 23.9 Å². The van der Waals surface area contributed by atoms with Crippen molar-refractivity contribution >= 4 is 23.8 Å². The molecule has 0 amide bonds. The standard InChI is InChI=1S/C20H24O6/c1-10-11-4-5-12-19(13(8-21)18(2,3)7-6-14(19)22)9-26-17(25)20(12,15(10)23)16(11)24/h8,11-13,16,24H,1,4-7,9H2,2-3H3/t11-,12-,13+,16+,19?,20?/m0/s1. The number of aliphatic hydroxyl groups excluding tert-OH is 1. The van der Waals surface area contributed by atoms with Crippen LogP contribution in [0.5, 0.6) is 0 Å². The van der Waals surface area contributed by atoms with E-state index in [1.54, 1.807) is 0 Å². The third-order valence-corrected chi connectivity index (χ3v) is 7.73. The van der Waals surface area contributed by atoms with Crippen LogP contribution in [0.2, 0.25) is 0 Å². The van der Waals surface area contributed by atoms with E-state index in [1.165, 1.54) is 0 Å². The number of Topliss-reactive ketones (excluding diaryl/α,β-unsaturated/α-hetero) is 2. The monoisotopic (exact) mass is 360 g/mol. The van der Waals surface area contributed by atoms with Crippen molar-refractivity contribution in [3.05, 3.63) is 12.2 Å². The van der Waals surface area contributed by atoms with E-state index in [2.05, 4.69) is 6.58 Å². The number of hydrogen-bond donors (Lipinski definition) is 1. The van der Waals surface area contributed by atoms with Crippen LogP contribution in [0.4, 0.5) is 0 Å². The fraction of sp³-hybridized carbons (Fsp3) is 0.700. The number of aliphatic hydroxyl groups is 1. The van der Waals surface area contributed by atoms with E-state index in [1.807, 2.05) is 13.8 Å². The highest BCUT2D eigenvalue weighted by Crippen LogP contribution is 2.66. The third kappa shape index (κ3) is 1.67. The van der Waals surface area contributed by atoms with Crippen LogP contribution in [0, 0.1) is 34.0 Å². The smallest absolute Gasteiger partial charge is 0.323 e. The van der Waals surface area contributed by atoms with E-state index in [-0.39, 0.29) is 24.4 Å². The maximum Gasteiger partial charge on any atom is 0.323 e. The first-order valence-electron chi connectivity index (χ1n) is 9.23. The summed E-state index contributed by atoms with van der Waals surface area (Å²) in [7, 11) is 0. The zero-order valence-electron chi connectivity index (χ0n) is 15.1. The highest BCUT2D eigenvalue weighted by atomic mass is 16.5. The van der Waals surface area contributed by atoms with E-state index in [4.69, 9.17) is 4.74 Å². The normalized spacial score (nSPS) is 46.9. The molecule has 0 radical (unpaired) electrons. The number of carbonyl (C=O) groups excluding carboxylic acids is 4. The molecule has 4 aliphatic rings. The van der Waals surface area contributed by atoms with E-state index in [9.17, 15) is 24.3 Å². The van der Waals surface area contributed by atoms with Gasteiger partial charge in [-0.1, -0.05) is 20.4 Å². The number of fused-ring (bicyclic) bond motifs is 2. The molecular formula is C20H24O6. The summed E-state index contributed by atoms with van der Waals surface area (Å²) in [5.74, 6) is -3.30. The van der Waals surface area contributed by atoms with Crippen molar-refractivity contribution in [1.29, 1.82) is 0 Å². The first-order chi connectivity index (χ1) is 12.2. The van der Waals surface area contributed by atoms with Gasteiger partial charge in [0.15, 0.2) is 11.2 Å². The van der Waals surface area contributed by atoms with Crippen LogP contribution in [0.15, 0.2) is 12.2 Å². The van der Waals surface area contributed by atoms with Crippen LogP contribution in [-0.4, -0.2) is 41.6 Å². The molecule has 140 valence electrons. The third-order valence-electron chi connectivity index (χ3n) is 7.73. The van der Waals surface area contributed by atoms with Gasteiger partial charge in [-0.15, -0.1) is 0 Å². The van der Waals surface area contributed by atoms with Gasteiger partial charge in [0.1, 0.15) is 18.7 Å². The number of rotatable bonds is 1. The second-order valence-electron chi connectivity index (χ2n) is 9.05. The highest BCUT2D eigenvalue weighted by molar-refractivity contribution is 6.17. The van der Waals surface area contributed by atoms with Crippen molar-refractivity contribution in [3.63, 3.8) is 0 Å². The Bertz CT molecular complexity index is 751. The molecule has 1 N–H and O–H groups in total. The van der Waals surface area contributed by atoms with Crippen molar-refractivity contribution in [1.82, 2.24) is 0 Å². The van der Waals surface area contributed by atoms with E-state index < -0.39 is 51.9 Å². The second kappa shape index (κ2) is 5.12. The molecule has 0 aromatic rings. The minimum atomic E-state index is -1.79. The van der Waals surface area contributed by atoms with Crippen LogP contribution in [0.3, 0.4) is 0 Å². The number of carbonyl (C=O) groups is 4. The number of ether oxygens (including phenoxy) is 1. The quantitative estimate of drug-likeness (QED) is 0.327. The van der Waals surface area contributed by atoms with Gasteiger partial charge < -0.3 is 14.6 Å². The molecular weight excluding hydrogens is 336 g/mol. The Labute approximate surface area is 152 Å². The summed E-state index contributed by atoms with van der Waals surface area (Å²) in [6.45, 7) is 7.47. The van der Waals surface area contributed by atoms with Crippen LogP contribution < -0.4 is 0 Å². The molecule has 0 aromatic carbocycles. The zero-order valence-corrected chi connectivity index (χ0v) is 15.1. The molecule has 1 heterocycles. The molecule has 6 nitrogen and oxygen atoms in total. The molecule has 2 spiro atoms. The number of esters is 1. The molecule has 2 bridgehead atoms. The first-order valence-corrected chi connectivity index (χ1v) is 9.23. The number of ketones is 2. The van der Waals surface area contributed by atoms with Gasteiger partial charge >= 0.3 is 5.97 Å². The summed E-state index contributed by atoms with van der Waals surface area (Å²) >= 11 is 0. The van der Waals surface area contributed by atoms with Gasteiger partial charge in [0.2, 0.25) is 0 Å². The molecule has 3 saturated carbocycles. The van der Waals surface area contributed by atoms with E-state index in [0.29, 0.717) is 19.3 Å². The minimum Gasteiger partial charge on any atom is -0.464 e. The summed E-state index contributed by atoms with van der Waals surface area (Å²) in [5.41, 5.74) is -3.26. The first kappa shape index (κ1) is 17.6. The molecule has 6 atom stereocenters. The Morgan fingerprint density at radius 1 is 1.23 bits per heavy atom. The molecule has 0 aromatic heterocycles. The SMILES string of the molecule is C=C1C(=O)C23C(=O)OCC4(C(=O)CCC(C)(C)[C@H]4C=O)[C@@H]2CC[C@@H]1[C@H]3O. The lowest BCUT2D eigenvalue weighted by Gasteiger charge is -2.59. The second-order valence-corrected chi connectivity index (χ2v) is 9.05. The average molecular weight is 360 g/mol. The topological polar surface area (TPSA) is 97.7 Å². The minimum absolute atomic E-state index is 0.137. The van der Waals surface area contributed by atoms with Gasteiger partial charge in [0.05, 0.1) is 11.5 Å². The maximum atomic E-state index is 13.2. The summed E-state index contributed by atoms with van der Waals surface area (Å²) < 4.78 is 5.41. The lowest BCUT2D eigenvalue weighted by Crippen LogP contribution is -2.69. The molecule has 4 fully saturated rings. The van der Waals surface area contributed by atoms with Gasteiger partial charge in [0.25, 0.3) is 0 Å². The number of aldehydes is 1. The molecule has 2 unspecified atom stereocenters. The Morgan fingerprint density at radius 2 is 1.92 bits per heavy atom. The molecule has 1 aliphatic heterocycles. The largest absolute Gasteiger partial charge is 0.464 e. The summed E-state index contributed by atoms with van der Waals surface area (Å²) in [6.07, 6.45) is 1.29. The summed E-state index contributed by atoms with van der Waals surface area (Å²) in [6, 6.07) is 0. The predicted molar refractivity (Wildman–Crippen MR) is 89.8 cm³/mol. The number of cyclic esters (lactones) is 1. The van der Waals surface area contributed by atoms with Gasteiger partial charge in [-0.05, 0) is 30.3 Å². The fourth-order valence-corrected chi connectivity index (χ4v) is 6.35. The van der Waals surface area contributed by atoms with Crippen LogP contribution in [0.1, 0.15) is 39.5 Å². The zero-order chi connectivity index (χ0) is 19.1. The molecule has 6 heteroatoms. The van der Waals surface area contributed by atoms with Gasteiger partial charge in [-0.2, -0.15) is 0 Å². The van der Waals surface area contributed by atoms with Crippen molar-refractivity contribution < 1.29 is 29.0 Å². The fourth-order valence-electron chi connectivity index (χ4n) is 6.35. The summed E-state index contributed by atoms with van der Waals surface area (Å²) in [5, 5.41) is 10.9. The Hall–Kier alpha value is -1.82. The Morgan fingerprint density at radius 3 is 2.58 bits per heavy atom. The van der Waals surface area contributed by atoms with Crippen molar-refractivity contribution in [2.24, 2.45) is 34.0 Å². The highest BCUT2D eigenvalue weighted by Gasteiger charge is 2.77. The van der Waals surface area contributed by atoms with E-state index >= 15 is 0 Å². The maximum absolute atomic E-state index is 13.2. The number of hydrogen-bond acceptors (Lipinski definition) is 6. The summed E-state index contributed by atoms with van der Waals surface area (Å²) in [4.78, 5) is 51.2. The van der Waals surface area contributed by atoms with Crippen LogP contribution in [0.25, 0.3) is 0 Å². The van der Waals surface area contributed by atoms with Crippen molar-refractivity contribution in [2.45, 2.75) is 45.6 Å².